The largest absolute Gasteiger partial charge is 0.493 e. The van der Waals surface area contributed by atoms with Gasteiger partial charge < -0.3 is 9.47 Å². The minimum atomic E-state index is 0.0550. The number of nitrogens with zero attached hydrogens (tertiary/aromatic N) is 1. The Morgan fingerprint density at radius 3 is 2.52 bits per heavy atom. The molecule has 112 valence electrons. The number of methoxy groups -OCH3 is 2. The molecule has 3 rings (SSSR count). The number of rotatable bonds is 3. The zero-order valence-electron chi connectivity index (χ0n) is 12.4. The Bertz CT molecular complexity index is 583. The first kappa shape index (κ1) is 13.9. The maximum Gasteiger partial charge on any atom is 0.243 e. The standard InChI is InChI=1S/C16H20N2O3/c1-20-13-8-7-10(9-14(13)21-2)15-11-5-3-4-6-12(11)16(19)18-17-15/h7-9,11-12H,3-6H2,1-2H3,(H,18,19)/t11-,12+/m1/s1. The van der Waals surface area contributed by atoms with Gasteiger partial charge in [0.2, 0.25) is 5.91 Å². The number of hydrogen-bond donors (Lipinski definition) is 1. The number of fused-ring (bicyclic) bond motifs is 1. The molecule has 0 spiro atoms. The van der Waals surface area contributed by atoms with Crippen molar-refractivity contribution >= 4 is 11.6 Å². The number of hydrazone groups is 1. The number of ether oxygens (including phenoxy) is 2. The van der Waals surface area contributed by atoms with Crippen LogP contribution in [-0.2, 0) is 4.79 Å². The average Bonchev–Trinajstić information content (AvgIpc) is 2.55. The van der Waals surface area contributed by atoms with E-state index in [-0.39, 0.29) is 17.7 Å². The van der Waals surface area contributed by atoms with Crippen LogP contribution < -0.4 is 14.9 Å². The second-order valence-electron chi connectivity index (χ2n) is 5.54. The Balaban J connectivity index is 1.97. The fourth-order valence-electron chi connectivity index (χ4n) is 3.33. The third kappa shape index (κ3) is 2.48. The van der Waals surface area contributed by atoms with Gasteiger partial charge in [-0.15, -0.1) is 0 Å². The molecule has 1 amide bonds. The highest BCUT2D eigenvalue weighted by atomic mass is 16.5. The lowest BCUT2D eigenvalue weighted by Gasteiger charge is -2.34. The van der Waals surface area contributed by atoms with Gasteiger partial charge in [0.25, 0.3) is 0 Å². The summed E-state index contributed by atoms with van der Waals surface area (Å²) in [5.74, 6) is 1.71. The van der Waals surface area contributed by atoms with E-state index in [2.05, 4.69) is 10.5 Å². The van der Waals surface area contributed by atoms with E-state index in [0.29, 0.717) is 11.5 Å². The van der Waals surface area contributed by atoms with E-state index in [9.17, 15) is 4.79 Å². The summed E-state index contributed by atoms with van der Waals surface area (Å²) in [5.41, 5.74) is 4.62. The summed E-state index contributed by atoms with van der Waals surface area (Å²) in [6.45, 7) is 0. The first-order valence-electron chi connectivity index (χ1n) is 7.34. The van der Waals surface area contributed by atoms with Gasteiger partial charge in [0, 0.05) is 17.4 Å². The molecule has 0 radical (unpaired) electrons. The van der Waals surface area contributed by atoms with Crippen molar-refractivity contribution in [1.82, 2.24) is 5.43 Å². The zero-order valence-corrected chi connectivity index (χ0v) is 12.4. The number of hydrogen-bond acceptors (Lipinski definition) is 4. The Hall–Kier alpha value is -2.04. The van der Waals surface area contributed by atoms with Gasteiger partial charge in [0.05, 0.1) is 19.9 Å². The van der Waals surface area contributed by atoms with E-state index >= 15 is 0 Å². The first-order valence-corrected chi connectivity index (χ1v) is 7.34. The van der Waals surface area contributed by atoms with Crippen LogP contribution in [0.1, 0.15) is 31.2 Å². The normalized spacial score (nSPS) is 24.7. The van der Waals surface area contributed by atoms with Crippen LogP contribution in [0.25, 0.3) is 0 Å². The van der Waals surface area contributed by atoms with E-state index in [1.807, 2.05) is 18.2 Å². The predicted molar refractivity (Wildman–Crippen MR) is 79.7 cm³/mol. The van der Waals surface area contributed by atoms with Crippen LogP contribution >= 0.6 is 0 Å². The molecule has 2 atom stereocenters. The van der Waals surface area contributed by atoms with E-state index in [4.69, 9.17) is 9.47 Å². The maximum atomic E-state index is 12.0. The Kier molecular flexibility index (Phi) is 3.82. The molecule has 1 saturated carbocycles. The molecule has 5 heteroatoms. The topological polar surface area (TPSA) is 59.9 Å². The van der Waals surface area contributed by atoms with Gasteiger partial charge >= 0.3 is 0 Å². The molecular formula is C16H20N2O3. The molecule has 21 heavy (non-hydrogen) atoms. The molecule has 1 aromatic rings. The zero-order chi connectivity index (χ0) is 14.8. The number of carbonyl (C=O) groups excluding carboxylic acids is 1. The summed E-state index contributed by atoms with van der Waals surface area (Å²) in [5, 5.41) is 4.32. The van der Waals surface area contributed by atoms with Crippen molar-refractivity contribution in [1.29, 1.82) is 0 Å². The molecule has 0 saturated heterocycles. The molecule has 0 unspecified atom stereocenters. The highest BCUT2D eigenvalue weighted by Crippen LogP contribution is 2.36. The second kappa shape index (κ2) is 5.76. The summed E-state index contributed by atoms with van der Waals surface area (Å²) in [6.07, 6.45) is 4.24. The van der Waals surface area contributed by atoms with E-state index in [1.165, 1.54) is 0 Å². The second-order valence-corrected chi connectivity index (χ2v) is 5.54. The molecule has 1 heterocycles. The minimum Gasteiger partial charge on any atom is -0.493 e. The lowest BCUT2D eigenvalue weighted by atomic mass is 9.74. The Morgan fingerprint density at radius 1 is 1.10 bits per heavy atom. The van der Waals surface area contributed by atoms with E-state index < -0.39 is 0 Å². The smallest absolute Gasteiger partial charge is 0.243 e. The van der Waals surface area contributed by atoms with Crippen molar-refractivity contribution < 1.29 is 14.3 Å². The Labute approximate surface area is 124 Å². The van der Waals surface area contributed by atoms with Crippen LogP contribution in [-0.4, -0.2) is 25.8 Å². The van der Waals surface area contributed by atoms with Gasteiger partial charge in [-0.1, -0.05) is 12.8 Å². The van der Waals surface area contributed by atoms with E-state index in [0.717, 1.165) is 37.0 Å². The average molecular weight is 288 g/mol. The maximum absolute atomic E-state index is 12.0. The van der Waals surface area contributed by atoms with Crippen LogP contribution in [0.4, 0.5) is 0 Å². The highest BCUT2D eigenvalue weighted by Gasteiger charge is 2.37. The molecule has 5 nitrogen and oxygen atoms in total. The van der Waals surface area contributed by atoms with Crippen LogP contribution in [0, 0.1) is 11.8 Å². The van der Waals surface area contributed by atoms with Crippen molar-refractivity contribution in [3.63, 3.8) is 0 Å². The summed E-state index contributed by atoms with van der Waals surface area (Å²) in [7, 11) is 3.24. The van der Waals surface area contributed by atoms with Crippen molar-refractivity contribution in [3.05, 3.63) is 23.8 Å². The third-order valence-electron chi connectivity index (χ3n) is 4.42. The molecule has 1 fully saturated rings. The molecular weight excluding hydrogens is 268 g/mol. The molecule has 0 bridgehead atoms. The van der Waals surface area contributed by atoms with Crippen LogP contribution in [0.15, 0.2) is 23.3 Å². The quantitative estimate of drug-likeness (QED) is 0.928. The van der Waals surface area contributed by atoms with Gasteiger partial charge in [0.1, 0.15) is 0 Å². The van der Waals surface area contributed by atoms with Crippen molar-refractivity contribution in [2.75, 3.05) is 14.2 Å². The molecule has 1 aliphatic carbocycles. The summed E-state index contributed by atoms with van der Waals surface area (Å²) >= 11 is 0. The number of benzene rings is 1. The monoisotopic (exact) mass is 288 g/mol. The SMILES string of the molecule is COc1ccc(C2=NNC(=O)[C@H]3CCCC[C@@H]23)cc1OC. The minimum absolute atomic E-state index is 0.0550. The van der Waals surface area contributed by atoms with Crippen LogP contribution in [0.2, 0.25) is 0 Å². The van der Waals surface area contributed by atoms with Crippen molar-refractivity contribution in [3.8, 4) is 11.5 Å². The van der Waals surface area contributed by atoms with Crippen molar-refractivity contribution in [2.45, 2.75) is 25.7 Å². The molecule has 1 aliphatic heterocycles. The fraction of sp³-hybridized carbons (Fsp3) is 0.500. The van der Waals surface area contributed by atoms with Crippen LogP contribution in [0.5, 0.6) is 11.5 Å². The summed E-state index contributed by atoms with van der Waals surface area (Å²) in [4.78, 5) is 12.0. The third-order valence-corrected chi connectivity index (χ3v) is 4.42. The summed E-state index contributed by atoms with van der Waals surface area (Å²) < 4.78 is 10.6. The van der Waals surface area contributed by atoms with Gasteiger partial charge in [0.15, 0.2) is 11.5 Å². The van der Waals surface area contributed by atoms with Crippen LogP contribution in [0.3, 0.4) is 0 Å². The lowest BCUT2D eigenvalue weighted by molar-refractivity contribution is -0.127. The van der Waals surface area contributed by atoms with Crippen molar-refractivity contribution in [2.24, 2.45) is 16.9 Å². The molecule has 0 aromatic heterocycles. The molecule has 2 aliphatic rings. The highest BCUT2D eigenvalue weighted by molar-refractivity contribution is 6.07. The number of carbonyl (C=O) groups is 1. The first-order chi connectivity index (χ1) is 10.2. The van der Waals surface area contributed by atoms with Gasteiger partial charge in [-0.3, -0.25) is 4.79 Å². The Morgan fingerprint density at radius 2 is 1.81 bits per heavy atom. The predicted octanol–water partition coefficient (Wildman–Crippen LogP) is 2.34. The van der Waals surface area contributed by atoms with Gasteiger partial charge in [-0.2, -0.15) is 5.10 Å². The van der Waals surface area contributed by atoms with E-state index in [1.54, 1.807) is 14.2 Å². The summed E-state index contributed by atoms with van der Waals surface area (Å²) in [6, 6.07) is 5.79. The van der Waals surface area contributed by atoms with Gasteiger partial charge in [-0.05, 0) is 31.0 Å². The number of nitrogens with one attached hydrogen (secondary N) is 1. The van der Waals surface area contributed by atoms with Gasteiger partial charge in [-0.25, -0.2) is 5.43 Å². The fourth-order valence-corrected chi connectivity index (χ4v) is 3.33. The molecule has 1 N–H and O–H groups in total. The lowest BCUT2D eigenvalue weighted by Crippen LogP contribution is -2.43. The molecule has 1 aromatic carbocycles. The number of amides is 1.